The van der Waals surface area contributed by atoms with Crippen LogP contribution in [0.1, 0.15) is 33.6 Å². The van der Waals surface area contributed by atoms with Crippen molar-refractivity contribution < 1.29 is 13.9 Å². The third kappa shape index (κ3) is 6.55. The Bertz CT molecular complexity index is 105. The molecular formula is C9H19FO2. The molecule has 0 aromatic rings. The van der Waals surface area contributed by atoms with Gasteiger partial charge in [-0.05, 0) is 19.8 Å². The topological polar surface area (TPSA) is 18.5 Å². The van der Waals surface area contributed by atoms with Gasteiger partial charge in [-0.25, -0.2) is 4.39 Å². The van der Waals surface area contributed by atoms with E-state index in [4.69, 9.17) is 9.47 Å². The molecule has 0 saturated carbocycles. The molecule has 0 fully saturated rings. The van der Waals surface area contributed by atoms with Crippen LogP contribution in [-0.4, -0.2) is 25.7 Å². The summed E-state index contributed by atoms with van der Waals surface area (Å²) >= 11 is 0. The summed E-state index contributed by atoms with van der Waals surface area (Å²) in [5, 5.41) is 0. The molecule has 0 heterocycles. The second kappa shape index (κ2) is 6.38. The molecule has 0 aliphatic carbocycles. The molecular weight excluding hydrogens is 159 g/mol. The van der Waals surface area contributed by atoms with Crippen LogP contribution in [0.3, 0.4) is 0 Å². The van der Waals surface area contributed by atoms with Gasteiger partial charge in [0.2, 0.25) is 5.85 Å². The van der Waals surface area contributed by atoms with Crippen molar-refractivity contribution >= 4 is 0 Å². The highest BCUT2D eigenvalue weighted by atomic mass is 19.2. The molecule has 0 N–H and O–H groups in total. The van der Waals surface area contributed by atoms with Gasteiger partial charge in [0.15, 0.2) is 0 Å². The summed E-state index contributed by atoms with van der Waals surface area (Å²) < 4.78 is 23.2. The maximum atomic E-state index is 13.3. The molecule has 0 amide bonds. The normalized spacial score (nSPS) is 16.0. The van der Waals surface area contributed by atoms with Crippen LogP contribution in [0.25, 0.3) is 0 Å². The van der Waals surface area contributed by atoms with E-state index in [0.29, 0.717) is 13.2 Å². The predicted octanol–water partition coefficient (Wildman–Crippen LogP) is 2.53. The fraction of sp³-hybridized carbons (Fsp3) is 1.00. The standard InChI is InChI=1S/C9H19FO2/c1-4-6-11-8-9(3,10)12-7-5-2/h4-8H2,1-3H3. The molecule has 2 nitrogen and oxygen atoms in total. The molecule has 0 saturated heterocycles. The van der Waals surface area contributed by atoms with Crippen molar-refractivity contribution in [1.29, 1.82) is 0 Å². The van der Waals surface area contributed by atoms with Crippen molar-refractivity contribution in [2.24, 2.45) is 0 Å². The van der Waals surface area contributed by atoms with Gasteiger partial charge in [-0.3, -0.25) is 0 Å². The van der Waals surface area contributed by atoms with Gasteiger partial charge in [0.1, 0.15) is 6.61 Å². The van der Waals surface area contributed by atoms with Gasteiger partial charge in [-0.1, -0.05) is 13.8 Å². The number of hydrogen-bond donors (Lipinski definition) is 0. The zero-order valence-electron chi connectivity index (χ0n) is 8.23. The maximum absolute atomic E-state index is 13.3. The number of hydrogen-bond acceptors (Lipinski definition) is 2. The first-order valence-corrected chi connectivity index (χ1v) is 4.53. The number of ether oxygens (including phenoxy) is 2. The fourth-order valence-corrected chi connectivity index (χ4v) is 0.755. The summed E-state index contributed by atoms with van der Waals surface area (Å²) in [6.45, 7) is 6.40. The average molecular weight is 178 g/mol. The Kier molecular flexibility index (Phi) is 6.30. The molecule has 0 radical (unpaired) electrons. The SMILES string of the molecule is CCCOCC(C)(F)OCCC. The highest BCUT2D eigenvalue weighted by Gasteiger charge is 2.23. The summed E-state index contributed by atoms with van der Waals surface area (Å²) in [5.41, 5.74) is 0. The lowest BCUT2D eigenvalue weighted by Gasteiger charge is -2.20. The van der Waals surface area contributed by atoms with Crippen LogP contribution in [0, 0.1) is 0 Å². The van der Waals surface area contributed by atoms with Crippen LogP contribution < -0.4 is 0 Å². The van der Waals surface area contributed by atoms with E-state index in [1.807, 2.05) is 13.8 Å². The van der Waals surface area contributed by atoms with E-state index >= 15 is 0 Å². The maximum Gasteiger partial charge on any atom is 0.229 e. The van der Waals surface area contributed by atoms with Gasteiger partial charge in [0, 0.05) is 6.61 Å². The van der Waals surface area contributed by atoms with Crippen molar-refractivity contribution in [2.45, 2.75) is 39.5 Å². The van der Waals surface area contributed by atoms with E-state index < -0.39 is 5.85 Å². The highest BCUT2D eigenvalue weighted by Crippen LogP contribution is 2.12. The second-order valence-electron chi connectivity index (χ2n) is 3.00. The molecule has 0 aliphatic rings. The van der Waals surface area contributed by atoms with Crippen LogP contribution in [0.4, 0.5) is 4.39 Å². The largest absolute Gasteiger partial charge is 0.376 e. The summed E-state index contributed by atoms with van der Waals surface area (Å²) in [6, 6.07) is 0. The monoisotopic (exact) mass is 178 g/mol. The fourth-order valence-electron chi connectivity index (χ4n) is 0.755. The third-order valence-electron chi connectivity index (χ3n) is 1.32. The molecule has 1 atom stereocenters. The zero-order valence-corrected chi connectivity index (χ0v) is 8.23. The number of rotatable bonds is 7. The lowest BCUT2D eigenvalue weighted by atomic mass is 10.4. The Morgan fingerprint density at radius 3 is 2.25 bits per heavy atom. The van der Waals surface area contributed by atoms with Crippen molar-refractivity contribution in [3.63, 3.8) is 0 Å². The minimum atomic E-state index is -1.62. The molecule has 74 valence electrons. The van der Waals surface area contributed by atoms with E-state index in [1.165, 1.54) is 6.92 Å². The first kappa shape index (κ1) is 11.8. The summed E-state index contributed by atoms with van der Waals surface area (Å²) in [7, 11) is 0. The summed E-state index contributed by atoms with van der Waals surface area (Å²) in [4.78, 5) is 0. The minimum absolute atomic E-state index is 0.0286. The summed E-state index contributed by atoms with van der Waals surface area (Å²) in [5.74, 6) is -1.62. The second-order valence-corrected chi connectivity index (χ2v) is 3.00. The van der Waals surface area contributed by atoms with Crippen LogP contribution in [0.2, 0.25) is 0 Å². The molecule has 0 aliphatic heterocycles. The quantitative estimate of drug-likeness (QED) is 0.558. The Labute approximate surface area is 74.1 Å². The van der Waals surface area contributed by atoms with Gasteiger partial charge in [-0.15, -0.1) is 0 Å². The zero-order chi connectivity index (χ0) is 9.45. The van der Waals surface area contributed by atoms with Crippen molar-refractivity contribution in [1.82, 2.24) is 0 Å². The Hall–Kier alpha value is -0.150. The molecule has 0 spiro atoms. The molecule has 0 aromatic carbocycles. The van der Waals surface area contributed by atoms with E-state index in [2.05, 4.69) is 0 Å². The van der Waals surface area contributed by atoms with Gasteiger partial charge in [-0.2, -0.15) is 0 Å². The minimum Gasteiger partial charge on any atom is -0.376 e. The Morgan fingerprint density at radius 2 is 1.75 bits per heavy atom. The summed E-state index contributed by atoms with van der Waals surface area (Å²) in [6.07, 6.45) is 1.73. The third-order valence-corrected chi connectivity index (χ3v) is 1.32. The van der Waals surface area contributed by atoms with Crippen molar-refractivity contribution in [3.05, 3.63) is 0 Å². The smallest absolute Gasteiger partial charge is 0.229 e. The molecule has 12 heavy (non-hydrogen) atoms. The van der Waals surface area contributed by atoms with Crippen molar-refractivity contribution in [3.8, 4) is 0 Å². The average Bonchev–Trinajstić information content (AvgIpc) is 2.01. The van der Waals surface area contributed by atoms with E-state index in [-0.39, 0.29) is 6.61 Å². The molecule has 3 heteroatoms. The molecule has 0 bridgehead atoms. The van der Waals surface area contributed by atoms with Crippen LogP contribution in [0.15, 0.2) is 0 Å². The Balaban J connectivity index is 3.42. The van der Waals surface area contributed by atoms with Gasteiger partial charge in [0.25, 0.3) is 0 Å². The lowest BCUT2D eigenvalue weighted by Crippen LogP contribution is -2.29. The van der Waals surface area contributed by atoms with Gasteiger partial charge >= 0.3 is 0 Å². The van der Waals surface area contributed by atoms with E-state index in [0.717, 1.165) is 12.8 Å². The van der Waals surface area contributed by atoms with Gasteiger partial charge < -0.3 is 9.47 Å². The van der Waals surface area contributed by atoms with E-state index in [9.17, 15) is 4.39 Å². The van der Waals surface area contributed by atoms with Crippen LogP contribution >= 0.6 is 0 Å². The Morgan fingerprint density at radius 1 is 1.17 bits per heavy atom. The predicted molar refractivity (Wildman–Crippen MR) is 46.9 cm³/mol. The first-order valence-electron chi connectivity index (χ1n) is 4.53. The van der Waals surface area contributed by atoms with Gasteiger partial charge in [0.05, 0.1) is 6.61 Å². The number of halogens is 1. The first-order chi connectivity index (χ1) is 5.62. The van der Waals surface area contributed by atoms with Crippen LogP contribution in [0.5, 0.6) is 0 Å². The molecule has 0 rings (SSSR count). The lowest BCUT2D eigenvalue weighted by molar-refractivity contribution is -0.169. The molecule has 1 unspecified atom stereocenters. The van der Waals surface area contributed by atoms with Crippen LogP contribution in [-0.2, 0) is 9.47 Å². The van der Waals surface area contributed by atoms with E-state index in [1.54, 1.807) is 0 Å². The highest BCUT2D eigenvalue weighted by molar-refractivity contribution is 4.58. The van der Waals surface area contributed by atoms with Crippen molar-refractivity contribution in [2.75, 3.05) is 19.8 Å². The number of alkyl halides is 1. The molecule has 0 aromatic heterocycles.